The summed E-state index contributed by atoms with van der Waals surface area (Å²) in [5, 5.41) is 0. The van der Waals surface area contributed by atoms with E-state index in [9.17, 15) is 0 Å². The number of allylic oxidation sites excluding steroid dienone is 4. The molecular weight excluding hydrogens is 343 g/mol. The molecule has 2 aromatic carbocycles. The Morgan fingerprint density at radius 3 is 2.00 bits per heavy atom. The predicted molar refractivity (Wildman–Crippen MR) is 89.8 cm³/mol. The van der Waals surface area contributed by atoms with E-state index in [0.717, 1.165) is 7.25 Å². The molecule has 0 radical (unpaired) electrons. The van der Waals surface area contributed by atoms with Crippen LogP contribution < -0.4 is 0 Å². The van der Waals surface area contributed by atoms with Gasteiger partial charge < -0.3 is 0 Å². The zero-order valence-corrected chi connectivity index (χ0v) is 15.4. The maximum absolute atomic E-state index is 2.53. The Labute approximate surface area is 137 Å². The van der Waals surface area contributed by atoms with Gasteiger partial charge in [0.1, 0.15) is 0 Å². The molecule has 2 unspecified atom stereocenters. The molecule has 108 valence electrons. The molecule has 0 amide bonds. The van der Waals surface area contributed by atoms with Gasteiger partial charge in [-0.1, -0.05) is 0 Å². The summed E-state index contributed by atoms with van der Waals surface area (Å²) in [6, 6.07) is 18.4. The first-order valence-electron chi connectivity index (χ1n) is 8.37. The molecule has 0 bridgehead atoms. The van der Waals surface area contributed by atoms with Crippen LogP contribution in [0.5, 0.6) is 0 Å². The molecule has 1 fully saturated rings. The Morgan fingerprint density at radius 2 is 1.50 bits per heavy atom. The van der Waals surface area contributed by atoms with Crippen LogP contribution in [0.15, 0.2) is 70.0 Å². The van der Waals surface area contributed by atoms with Crippen LogP contribution in [0.4, 0.5) is 0 Å². The van der Waals surface area contributed by atoms with Gasteiger partial charge in [0.15, 0.2) is 0 Å². The van der Waals surface area contributed by atoms with Crippen LogP contribution in [0.25, 0.3) is 11.1 Å². The fourth-order valence-corrected chi connectivity index (χ4v) is 21.7. The van der Waals surface area contributed by atoms with Crippen molar-refractivity contribution in [3.05, 3.63) is 81.2 Å². The normalized spacial score (nSPS) is 28.4. The van der Waals surface area contributed by atoms with Gasteiger partial charge in [0.25, 0.3) is 0 Å². The Morgan fingerprint density at radius 1 is 0.909 bits per heavy atom. The summed E-state index contributed by atoms with van der Waals surface area (Å²) in [5.74, 6) is 0. The van der Waals surface area contributed by atoms with E-state index in [2.05, 4.69) is 73.7 Å². The van der Waals surface area contributed by atoms with Crippen molar-refractivity contribution in [1.29, 1.82) is 0 Å². The quantitative estimate of drug-likeness (QED) is 0.614. The van der Waals surface area contributed by atoms with Crippen molar-refractivity contribution in [2.24, 2.45) is 0 Å². The van der Waals surface area contributed by atoms with Crippen molar-refractivity contribution in [2.45, 2.75) is 24.7 Å². The summed E-state index contributed by atoms with van der Waals surface area (Å²) in [6.45, 7) is 2.53. The van der Waals surface area contributed by atoms with E-state index >= 15 is 0 Å². The van der Waals surface area contributed by atoms with E-state index in [1.807, 2.05) is 3.28 Å². The summed E-state index contributed by atoms with van der Waals surface area (Å²) in [7, 11) is 0. The molecule has 1 aliphatic heterocycles. The minimum absolute atomic E-state index is 0.753. The zero-order valence-electron chi connectivity index (χ0n) is 12.9. The van der Waals surface area contributed by atoms with Gasteiger partial charge in [0.05, 0.1) is 0 Å². The molecule has 5 rings (SSSR count). The van der Waals surface area contributed by atoms with Gasteiger partial charge in [0.2, 0.25) is 0 Å². The fraction of sp³-hybridized carbons (Fsp3) is 0.238. The average molecular weight is 364 g/mol. The Hall–Kier alpha value is -1.20. The van der Waals surface area contributed by atoms with Crippen molar-refractivity contribution >= 4 is 0 Å². The van der Waals surface area contributed by atoms with Gasteiger partial charge >= 0.3 is 137 Å². The van der Waals surface area contributed by atoms with E-state index in [1.165, 1.54) is 21.7 Å². The Kier molecular flexibility index (Phi) is 2.80. The fourth-order valence-electron chi connectivity index (χ4n) is 4.99. The third kappa shape index (κ3) is 1.61. The minimum atomic E-state index is -2.29. The molecule has 2 aromatic rings. The second-order valence-electron chi connectivity index (χ2n) is 7.08. The molecule has 0 nitrogen and oxygen atoms in total. The van der Waals surface area contributed by atoms with Gasteiger partial charge in [-0.3, -0.25) is 0 Å². The second-order valence-corrected chi connectivity index (χ2v) is 18.6. The molecule has 2 atom stereocenters. The van der Waals surface area contributed by atoms with Crippen molar-refractivity contribution in [3.63, 3.8) is 0 Å². The van der Waals surface area contributed by atoms with Gasteiger partial charge in [-0.15, -0.1) is 0 Å². The SMILES string of the molecule is C[CH]1[CH2][Zr]1([C]1=CC=CC1)[CH]1c2ccccc2-c2ccccc21. The van der Waals surface area contributed by atoms with Crippen molar-refractivity contribution in [2.75, 3.05) is 0 Å². The number of benzene rings is 2. The first-order valence-corrected chi connectivity index (χ1v) is 14.2. The molecule has 0 N–H and O–H groups in total. The van der Waals surface area contributed by atoms with Crippen LogP contribution in [0.3, 0.4) is 0 Å². The van der Waals surface area contributed by atoms with Crippen LogP contribution >= 0.6 is 0 Å². The Balaban J connectivity index is 1.75. The standard InChI is InChI=1S/C13H9.C5H5.C3H6.Zr/c1-3-7-12-10(5-1)9-11-6-2-4-8-13(11)12;1-2-4-5-3-1;1-3-2;/h1-9H;1-3H,4H2;3H,1H2,2H3;. The summed E-state index contributed by atoms with van der Waals surface area (Å²) >= 11 is -2.29. The topological polar surface area (TPSA) is 0 Å². The summed E-state index contributed by atoms with van der Waals surface area (Å²) in [4.78, 5) is 0. The van der Waals surface area contributed by atoms with E-state index in [-0.39, 0.29) is 0 Å². The number of fused-ring (bicyclic) bond motifs is 3. The summed E-state index contributed by atoms with van der Waals surface area (Å²) in [6.07, 6.45) is 8.38. The van der Waals surface area contributed by atoms with E-state index in [4.69, 9.17) is 0 Å². The van der Waals surface area contributed by atoms with Crippen LogP contribution in [-0.4, -0.2) is 0 Å². The Bertz CT molecular complexity index is 784. The summed E-state index contributed by atoms with van der Waals surface area (Å²) < 4.78 is 5.14. The monoisotopic (exact) mass is 362 g/mol. The molecular formula is C21H20Zr. The van der Waals surface area contributed by atoms with E-state index in [1.54, 1.807) is 11.1 Å². The molecule has 3 aliphatic rings. The van der Waals surface area contributed by atoms with Crippen LogP contribution in [0, 0.1) is 0 Å². The molecule has 0 aromatic heterocycles. The van der Waals surface area contributed by atoms with E-state index < -0.39 is 20.3 Å². The van der Waals surface area contributed by atoms with Gasteiger partial charge in [0, 0.05) is 0 Å². The van der Waals surface area contributed by atoms with Crippen molar-refractivity contribution in [1.82, 2.24) is 0 Å². The predicted octanol–water partition coefficient (Wildman–Crippen LogP) is 5.99. The third-order valence-corrected chi connectivity index (χ3v) is 20.7. The number of hydrogen-bond donors (Lipinski definition) is 0. The molecule has 1 heteroatoms. The van der Waals surface area contributed by atoms with Crippen LogP contribution in [0.2, 0.25) is 7.75 Å². The van der Waals surface area contributed by atoms with Crippen molar-refractivity contribution in [3.8, 4) is 11.1 Å². The zero-order chi connectivity index (χ0) is 14.7. The molecule has 0 spiro atoms. The van der Waals surface area contributed by atoms with Gasteiger partial charge in [-0.2, -0.15) is 0 Å². The molecule has 22 heavy (non-hydrogen) atoms. The first kappa shape index (κ1) is 13.3. The van der Waals surface area contributed by atoms with E-state index in [0.29, 0.717) is 0 Å². The first-order chi connectivity index (χ1) is 10.8. The number of hydrogen-bond acceptors (Lipinski definition) is 0. The third-order valence-electron chi connectivity index (χ3n) is 6.08. The molecule has 1 heterocycles. The maximum atomic E-state index is 2.53. The molecule has 1 saturated heterocycles. The average Bonchev–Trinajstić information content (AvgIpc) is 2.99. The van der Waals surface area contributed by atoms with Crippen molar-refractivity contribution < 1.29 is 20.3 Å². The molecule has 2 aliphatic carbocycles. The number of rotatable bonds is 2. The van der Waals surface area contributed by atoms with Gasteiger partial charge in [-0.05, 0) is 0 Å². The summed E-state index contributed by atoms with van der Waals surface area (Å²) in [5.41, 5.74) is 6.28. The van der Waals surface area contributed by atoms with Gasteiger partial charge in [-0.25, -0.2) is 0 Å². The molecule has 0 saturated carbocycles. The van der Waals surface area contributed by atoms with Crippen LogP contribution in [-0.2, 0) is 20.3 Å². The van der Waals surface area contributed by atoms with Crippen LogP contribution in [0.1, 0.15) is 28.1 Å². The second kappa shape index (κ2) is 4.65.